The molecule has 0 aliphatic rings. The van der Waals surface area contributed by atoms with Gasteiger partial charge in [0, 0.05) is 22.4 Å². The molecule has 1 N–H and O–H groups in total. The van der Waals surface area contributed by atoms with E-state index in [0.717, 1.165) is 21.6 Å². The fourth-order valence-electron chi connectivity index (χ4n) is 3.71. The van der Waals surface area contributed by atoms with Gasteiger partial charge in [0.2, 0.25) is 0 Å². The van der Waals surface area contributed by atoms with Crippen LogP contribution in [0.15, 0.2) is 58.7 Å². The minimum absolute atomic E-state index is 0.0134. The van der Waals surface area contributed by atoms with Crippen molar-refractivity contribution in [2.75, 3.05) is 19.0 Å². The van der Waals surface area contributed by atoms with Crippen LogP contribution in [0.1, 0.15) is 54.1 Å². The monoisotopic (exact) mass is 505 g/mol. The van der Waals surface area contributed by atoms with E-state index in [1.165, 1.54) is 7.11 Å². The molecule has 0 radical (unpaired) electrons. The Hall–Kier alpha value is -3.98. The summed E-state index contributed by atoms with van der Waals surface area (Å²) in [6.07, 6.45) is 0. The SMILES string of the molecule is CCOC(=O)c1nn(-c2cccc(OC)c2)c(=O)c2c(NC(=O)c3ccc(C(C)(C)C)cc3)scc12. The molecule has 0 saturated heterocycles. The first-order valence-corrected chi connectivity index (χ1v) is 12.3. The Morgan fingerprint density at radius 3 is 2.47 bits per heavy atom. The van der Waals surface area contributed by atoms with Gasteiger partial charge in [0.05, 0.1) is 24.8 Å². The van der Waals surface area contributed by atoms with E-state index < -0.39 is 11.5 Å². The number of esters is 1. The van der Waals surface area contributed by atoms with Gasteiger partial charge in [0.25, 0.3) is 11.5 Å². The number of ether oxygens (including phenoxy) is 2. The number of amides is 1. The van der Waals surface area contributed by atoms with Crippen LogP contribution in [-0.4, -0.2) is 35.4 Å². The number of fused-ring (bicyclic) bond motifs is 1. The number of carbonyl (C=O) groups excluding carboxylic acids is 2. The molecule has 0 spiro atoms. The predicted molar refractivity (Wildman–Crippen MR) is 141 cm³/mol. The summed E-state index contributed by atoms with van der Waals surface area (Å²) >= 11 is 1.15. The molecule has 2 aromatic heterocycles. The minimum Gasteiger partial charge on any atom is -0.497 e. The van der Waals surface area contributed by atoms with Crippen molar-refractivity contribution in [1.82, 2.24) is 9.78 Å². The minimum atomic E-state index is -0.660. The molecular formula is C27H27N3O5S. The Morgan fingerprint density at radius 2 is 1.83 bits per heavy atom. The van der Waals surface area contributed by atoms with Crippen LogP contribution in [0.5, 0.6) is 5.75 Å². The van der Waals surface area contributed by atoms with Gasteiger partial charge in [-0.05, 0) is 42.2 Å². The van der Waals surface area contributed by atoms with Crippen molar-refractivity contribution in [1.29, 1.82) is 0 Å². The summed E-state index contributed by atoms with van der Waals surface area (Å²) in [7, 11) is 1.52. The van der Waals surface area contributed by atoms with Crippen molar-refractivity contribution in [2.24, 2.45) is 0 Å². The number of carbonyl (C=O) groups is 2. The fraction of sp³-hybridized carbons (Fsp3) is 0.259. The van der Waals surface area contributed by atoms with Crippen molar-refractivity contribution in [2.45, 2.75) is 33.1 Å². The summed E-state index contributed by atoms with van der Waals surface area (Å²) in [4.78, 5) is 39.4. The number of benzene rings is 2. The number of hydrogen-bond donors (Lipinski definition) is 1. The molecule has 2 heterocycles. The zero-order valence-corrected chi connectivity index (χ0v) is 21.6. The van der Waals surface area contributed by atoms with Crippen molar-refractivity contribution in [3.8, 4) is 11.4 Å². The third kappa shape index (κ3) is 4.87. The molecule has 0 atom stereocenters. The molecule has 1 amide bonds. The van der Waals surface area contributed by atoms with Gasteiger partial charge < -0.3 is 14.8 Å². The number of aromatic nitrogens is 2. The van der Waals surface area contributed by atoms with E-state index in [0.29, 0.717) is 27.4 Å². The Labute approximate surface area is 212 Å². The summed E-state index contributed by atoms with van der Waals surface area (Å²) in [5.74, 6) is -0.495. The van der Waals surface area contributed by atoms with Crippen molar-refractivity contribution < 1.29 is 19.1 Å². The maximum Gasteiger partial charge on any atom is 0.359 e. The Morgan fingerprint density at radius 1 is 1.11 bits per heavy atom. The smallest absolute Gasteiger partial charge is 0.359 e. The van der Waals surface area contributed by atoms with Crippen molar-refractivity contribution in [3.63, 3.8) is 0 Å². The fourth-order valence-corrected chi connectivity index (χ4v) is 4.64. The highest BCUT2D eigenvalue weighted by Gasteiger charge is 2.24. The largest absolute Gasteiger partial charge is 0.497 e. The van der Waals surface area contributed by atoms with E-state index in [2.05, 4.69) is 31.2 Å². The number of thiophene rings is 1. The number of rotatable bonds is 6. The number of nitrogens with one attached hydrogen (secondary N) is 1. The Bertz CT molecular complexity index is 1500. The first-order chi connectivity index (χ1) is 17.1. The predicted octanol–water partition coefficient (Wildman–Crippen LogP) is 5.18. The third-order valence-electron chi connectivity index (χ3n) is 5.66. The quantitative estimate of drug-likeness (QED) is 0.363. The molecular weight excluding hydrogens is 478 g/mol. The first kappa shape index (κ1) is 25.1. The molecule has 186 valence electrons. The highest BCUT2D eigenvalue weighted by atomic mass is 32.1. The molecule has 2 aromatic carbocycles. The second-order valence-electron chi connectivity index (χ2n) is 9.12. The first-order valence-electron chi connectivity index (χ1n) is 11.4. The lowest BCUT2D eigenvalue weighted by molar-refractivity contribution is 0.0520. The molecule has 4 aromatic rings. The lowest BCUT2D eigenvalue weighted by atomic mass is 9.87. The van der Waals surface area contributed by atoms with Crippen LogP contribution in [0.3, 0.4) is 0 Å². The lowest BCUT2D eigenvalue weighted by Crippen LogP contribution is -2.25. The zero-order chi connectivity index (χ0) is 26.0. The van der Waals surface area contributed by atoms with Crippen LogP contribution in [0, 0.1) is 0 Å². The number of hydrogen-bond acceptors (Lipinski definition) is 7. The van der Waals surface area contributed by atoms with Gasteiger partial charge in [0.1, 0.15) is 10.8 Å². The lowest BCUT2D eigenvalue weighted by Gasteiger charge is -2.19. The second-order valence-corrected chi connectivity index (χ2v) is 10.0. The van der Waals surface area contributed by atoms with E-state index in [9.17, 15) is 14.4 Å². The average Bonchev–Trinajstić information content (AvgIpc) is 3.28. The van der Waals surface area contributed by atoms with Crippen molar-refractivity contribution >= 4 is 39.0 Å². The van der Waals surface area contributed by atoms with Gasteiger partial charge in [-0.25, -0.2) is 4.79 Å². The second kappa shape index (κ2) is 9.94. The number of nitrogens with zero attached hydrogens (tertiary/aromatic N) is 2. The molecule has 0 aliphatic carbocycles. The van der Waals surface area contributed by atoms with E-state index in [-0.39, 0.29) is 29.0 Å². The maximum absolute atomic E-state index is 13.6. The Balaban J connectivity index is 1.82. The van der Waals surface area contributed by atoms with Crippen LogP contribution in [0.25, 0.3) is 16.5 Å². The van der Waals surface area contributed by atoms with Gasteiger partial charge in [-0.1, -0.05) is 39.0 Å². The third-order valence-corrected chi connectivity index (χ3v) is 6.55. The molecule has 4 rings (SSSR count). The summed E-state index contributed by atoms with van der Waals surface area (Å²) < 4.78 is 11.6. The normalized spacial score (nSPS) is 11.4. The van der Waals surface area contributed by atoms with Gasteiger partial charge in [-0.3, -0.25) is 9.59 Å². The highest BCUT2D eigenvalue weighted by Crippen LogP contribution is 2.31. The van der Waals surface area contributed by atoms with Crippen LogP contribution in [0.2, 0.25) is 0 Å². The van der Waals surface area contributed by atoms with E-state index in [4.69, 9.17) is 9.47 Å². The molecule has 9 heteroatoms. The topological polar surface area (TPSA) is 99.5 Å². The van der Waals surface area contributed by atoms with E-state index in [1.54, 1.807) is 48.7 Å². The molecule has 8 nitrogen and oxygen atoms in total. The van der Waals surface area contributed by atoms with Crippen LogP contribution in [0.4, 0.5) is 5.00 Å². The molecule has 0 aliphatic heterocycles. The maximum atomic E-state index is 13.6. The van der Waals surface area contributed by atoms with Crippen LogP contribution in [-0.2, 0) is 10.2 Å². The van der Waals surface area contributed by atoms with E-state index in [1.807, 2.05) is 12.1 Å². The molecule has 0 fully saturated rings. The molecule has 0 unspecified atom stereocenters. The zero-order valence-electron chi connectivity index (χ0n) is 20.7. The summed E-state index contributed by atoms with van der Waals surface area (Å²) in [6, 6.07) is 14.1. The average molecular weight is 506 g/mol. The standard InChI is InChI=1S/C27H27N3O5S/c1-6-35-26(33)22-20-15-36-24(28-23(31)16-10-12-17(13-11-16)27(2,3)4)21(20)25(32)30(29-22)18-8-7-9-19(14-18)34-5/h7-15H,6H2,1-5H3,(H,28,31). The van der Waals surface area contributed by atoms with E-state index >= 15 is 0 Å². The summed E-state index contributed by atoms with van der Waals surface area (Å²) in [5, 5.41) is 9.61. The van der Waals surface area contributed by atoms with Gasteiger partial charge >= 0.3 is 5.97 Å². The molecule has 0 saturated carbocycles. The Kier molecular flexibility index (Phi) is 6.94. The van der Waals surface area contributed by atoms with Gasteiger partial charge in [-0.15, -0.1) is 11.3 Å². The van der Waals surface area contributed by atoms with Crippen LogP contribution < -0.4 is 15.6 Å². The van der Waals surface area contributed by atoms with Gasteiger partial charge in [-0.2, -0.15) is 9.78 Å². The van der Waals surface area contributed by atoms with Crippen molar-refractivity contribution in [3.05, 3.63) is 81.1 Å². The summed E-state index contributed by atoms with van der Waals surface area (Å²) in [6.45, 7) is 8.14. The van der Waals surface area contributed by atoms with Crippen LogP contribution >= 0.6 is 11.3 Å². The summed E-state index contributed by atoms with van der Waals surface area (Å²) in [5.41, 5.74) is 1.43. The number of methoxy groups -OCH3 is 1. The van der Waals surface area contributed by atoms with Gasteiger partial charge in [0.15, 0.2) is 5.69 Å². The molecule has 36 heavy (non-hydrogen) atoms. The molecule has 0 bridgehead atoms. The highest BCUT2D eigenvalue weighted by molar-refractivity contribution is 7.16. The number of anilines is 1.